The van der Waals surface area contributed by atoms with Gasteiger partial charge in [0.05, 0.1) is 38.6 Å². The van der Waals surface area contributed by atoms with Crippen molar-refractivity contribution in [2.75, 3.05) is 44.5 Å². The van der Waals surface area contributed by atoms with Crippen LogP contribution in [0.25, 0.3) is 11.3 Å². The molecule has 1 aromatic heterocycles. The Morgan fingerprint density at radius 3 is 2.71 bits per heavy atom. The third kappa shape index (κ3) is 5.05. The van der Waals surface area contributed by atoms with Gasteiger partial charge in [0.25, 0.3) is 0 Å². The van der Waals surface area contributed by atoms with Gasteiger partial charge in [-0.25, -0.2) is 9.97 Å². The number of benzene rings is 2. The lowest BCUT2D eigenvalue weighted by atomic mass is 10.0. The second-order valence-electron chi connectivity index (χ2n) is 8.53. The van der Waals surface area contributed by atoms with Crippen LogP contribution >= 0.6 is 0 Å². The van der Waals surface area contributed by atoms with E-state index >= 15 is 0 Å². The molecule has 0 unspecified atom stereocenters. The van der Waals surface area contributed by atoms with Crippen molar-refractivity contribution in [3.8, 4) is 34.6 Å². The van der Waals surface area contributed by atoms with Gasteiger partial charge in [0.2, 0.25) is 11.9 Å². The molecule has 5 rings (SSSR count). The zero-order valence-electron chi connectivity index (χ0n) is 19.9. The van der Waals surface area contributed by atoms with Gasteiger partial charge in [-0.15, -0.1) is 0 Å². The van der Waals surface area contributed by atoms with Gasteiger partial charge in [-0.3, -0.25) is 9.69 Å². The van der Waals surface area contributed by atoms with Crippen molar-refractivity contribution in [2.24, 2.45) is 0 Å². The Bertz CT molecular complexity index is 1320. The predicted octanol–water partition coefficient (Wildman–Crippen LogP) is 3.85. The van der Waals surface area contributed by atoms with Crippen molar-refractivity contribution in [2.45, 2.75) is 19.3 Å². The molecule has 0 radical (unpaired) electrons. The molecule has 0 saturated carbocycles. The number of methoxy groups -OCH3 is 2. The molecule has 1 saturated heterocycles. The summed E-state index contributed by atoms with van der Waals surface area (Å²) in [5.41, 5.74) is 4.66. The van der Waals surface area contributed by atoms with Crippen LogP contribution in [0.5, 0.6) is 11.5 Å². The number of fused-ring (bicyclic) bond motifs is 3. The fraction of sp³-hybridized carbons (Fsp3) is 0.296. The van der Waals surface area contributed by atoms with Crippen molar-refractivity contribution in [1.82, 2.24) is 14.9 Å². The highest BCUT2D eigenvalue weighted by molar-refractivity contribution is 6.00. The highest BCUT2D eigenvalue weighted by Gasteiger charge is 2.21. The molecule has 178 valence electrons. The molecule has 0 aliphatic carbocycles. The number of hydrogen-bond acceptors (Lipinski definition) is 7. The largest absolute Gasteiger partial charge is 0.493 e. The van der Waals surface area contributed by atoms with Crippen molar-refractivity contribution >= 4 is 23.2 Å². The Labute approximate surface area is 204 Å². The maximum atomic E-state index is 12.5. The number of anilines is 3. The van der Waals surface area contributed by atoms with E-state index in [1.807, 2.05) is 36.4 Å². The van der Waals surface area contributed by atoms with Gasteiger partial charge in [0.1, 0.15) is 0 Å². The number of rotatable bonds is 5. The number of carbonyl (C=O) groups excluding carboxylic acids is 1. The van der Waals surface area contributed by atoms with Gasteiger partial charge >= 0.3 is 0 Å². The van der Waals surface area contributed by atoms with Gasteiger partial charge < -0.3 is 20.1 Å². The zero-order chi connectivity index (χ0) is 24.2. The first-order valence-electron chi connectivity index (χ1n) is 11.6. The third-order valence-electron chi connectivity index (χ3n) is 6.14. The van der Waals surface area contributed by atoms with Gasteiger partial charge in [-0.05, 0) is 56.3 Å². The van der Waals surface area contributed by atoms with Crippen molar-refractivity contribution in [1.29, 1.82) is 0 Å². The minimum atomic E-state index is -0.0953. The summed E-state index contributed by atoms with van der Waals surface area (Å²) >= 11 is 0. The smallest absolute Gasteiger partial charge is 0.228 e. The number of nitrogens with one attached hydrogen (secondary N) is 2. The molecule has 2 aromatic carbocycles. The van der Waals surface area contributed by atoms with Crippen LogP contribution in [0, 0.1) is 11.8 Å². The Balaban J connectivity index is 1.46. The number of amides is 1. The minimum Gasteiger partial charge on any atom is -0.493 e. The van der Waals surface area contributed by atoms with Crippen LogP contribution in [-0.2, 0) is 11.2 Å². The highest BCUT2D eigenvalue weighted by Crippen LogP contribution is 2.35. The highest BCUT2D eigenvalue weighted by atomic mass is 16.5. The Morgan fingerprint density at radius 2 is 1.91 bits per heavy atom. The predicted molar refractivity (Wildman–Crippen MR) is 135 cm³/mol. The normalized spacial score (nSPS) is 14.6. The van der Waals surface area contributed by atoms with Gasteiger partial charge in [0, 0.05) is 34.6 Å². The Hall–Kier alpha value is -4.09. The standard InChI is InChI=1S/C27H27N5O3/c1-34-23-10-8-20(16-24(23)35-2)29-27-28-17-19-15-25(33)30-22-9-7-18(14-21(22)26(19)31-27)6-5-13-32-11-3-4-12-32/h7-10,14,16-17H,3-4,11-13,15H2,1-2H3,(H,30,33)(H,28,29,31). The van der Waals surface area contributed by atoms with Crippen LogP contribution in [0.15, 0.2) is 42.6 Å². The van der Waals surface area contributed by atoms with E-state index in [9.17, 15) is 4.79 Å². The van der Waals surface area contributed by atoms with E-state index in [0.717, 1.165) is 47.7 Å². The topological polar surface area (TPSA) is 88.6 Å². The van der Waals surface area contributed by atoms with E-state index in [0.29, 0.717) is 23.1 Å². The van der Waals surface area contributed by atoms with E-state index < -0.39 is 0 Å². The van der Waals surface area contributed by atoms with Crippen LogP contribution in [0.2, 0.25) is 0 Å². The number of carbonyl (C=O) groups is 1. The molecule has 0 atom stereocenters. The van der Waals surface area contributed by atoms with Gasteiger partial charge in [0.15, 0.2) is 11.5 Å². The van der Waals surface area contributed by atoms with Crippen molar-refractivity contribution in [3.63, 3.8) is 0 Å². The summed E-state index contributed by atoms with van der Waals surface area (Å²) < 4.78 is 10.7. The number of ether oxygens (including phenoxy) is 2. The summed E-state index contributed by atoms with van der Waals surface area (Å²) in [6.07, 6.45) is 4.40. The van der Waals surface area contributed by atoms with Gasteiger partial charge in [-0.2, -0.15) is 0 Å². The second-order valence-corrected chi connectivity index (χ2v) is 8.53. The fourth-order valence-electron chi connectivity index (χ4n) is 4.36. The molecule has 35 heavy (non-hydrogen) atoms. The van der Waals surface area contributed by atoms with Crippen LogP contribution in [0.4, 0.5) is 17.3 Å². The number of aromatic nitrogens is 2. The third-order valence-corrected chi connectivity index (χ3v) is 6.14. The monoisotopic (exact) mass is 469 g/mol. The lowest BCUT2D eigenvalue weighted by Crippen LogP contribution is -2.18. The summed E-state index contributed by atoms with van der Waals surface area (Å²) in [6, 6.07) is 11.3. The summed E-state index contributed by atoms with van der Waals surface area (Å²) in [5.74, 6) is 8.12. The first-order valence-corrected chi connectivity index (χ1v) is 11.6. The molecule has 2 N–H and O–H groups in total. The molecule has 2 aliphatic heterocycles. The molecule has 8 nitrogen and oxygen atoms in total. The maximum Gasteiger partial charge on any atom is 0.228 e. The number of hydrogen-bond donors (Lipinski definition) is 2. The van der Waals surface area contributed by atoms with Crippen LogP contribution in [-0.4, -0.2) is 54.6 Å². The van der Waals surface area contributed by atoms with Crippen LogP contribution in [0.3, 0.4) is 0 Å². The van der Waals surface area contributed by atoms with E-state index in [1.54, 1.807) is 20.4 Å². The molecule has 2 aliphatic rings. The Morgan fingerprint density at radius 1 is 1.09 bits per heavy atom. The number of likely N-dealkylation sites (tertiary alicyclic amines) is 1. The molecule has 3 heterocycles. The van der Waals surface area contributed by atoms with E-state index in [1.165, 1.54) is 12.8 Å². The minimum absolute atomic E-state index is 0.0953. The first kappa shape index (κ1) is 22.7. The molecule has 1 amide bonds. The average molecular weight is 470 g/mol. The molecule has 8 heteroatoms. The summed E-state index contributed by atoms with van der Waals surface area (Å²) in [5, 5.41) is 6.21. The molecule has 0 spiro atoms. The number of nitrogens with zero attached hydrogens (tertiary/aromatic N) is 3. The summed E-state index contributed by atoms with van der Waals surface area (Å²) in [4.78, 5) is 24.1. The zero-order valence-corrected chi connectivity index (χ0v) is 19.9. The second kappa shape index (κ2) is 10.0. The van der Waals surface area contributed by atoms with Crippen LogP contribution in [0.1, 0.15) is 24.0 Å². The average Bonchev–Trinajstić information content (AvgIpc) is 3.34. The SMILES string of the molecule is COc1ccc(Nc2ncc3c(n2)-c2cc(C#CCN4CCCC4)ccc2NC(=O)C3)cc1OC. The lowest BCUT2D eigenvalue weighted by molar-refractivity contribution is -0.115. The lowest BCUT2D eigenvalue weighted by Gasteiger charge is -2.13. The molecular formula is C27H27N5O3. The summed E-state index contributed by atoms with van der Waals surface area (Å²) in [7, 11) is 3.19. The maximum absolute atomic E-state index is 12.5. The molecule has 1 fully saturated rings. The fourth-order valence-corrected chi connectivity index (χ4v) is 4.36. The van der Waals surface area contributed by atoms with Crippen molar-refractivity contribution < 1.29 is 14.3 Å². The van der Waals surface area contributed by atoms with E-state index in [4.69, 9.17) is 14.5 Å². The molecular weight excluding hydrogens is 442 g/mol. The van der Waals surface area contributed by atoms with E-state index in [-0.39, 0.29) is 12.3 Å². The Kier molecular flexibility index (Phi) is 6.51. The first-order chi connectivity index (χ1) is 17.1. The summed E-state index contributed by atoms with van der Waals surface area (Å²) in [6.45, 7) is 3.00. The van der Waals surface area contributed by atoms with Crippen molar-refractivity contribution in [3.05, 3.63) is 53.7 Å². The van der Waals surface area contributed by atoms with Crippen LogP contribution < -0.4 is 20.1 Å². The van der Waals surface area contributed by atoms with E-state index in [2.05, 4.69) is 32.4 Å². The quantitative estimate of drug-likeness (QED) is 0.549. The molecule has 3 aromatic rings. The molecule has 0 bridgehead atoms. The van der Waals surface area contributed by atoms with Gasteiger partial charge in [-0.1, -0.05) is 11.8 Å².